The molecule has 5 heteroatoms. The van der Waals surface area contributed by atoms with Crippen molar-refractivity contribution in [2.75, 3.05) is 20.1 Å². The lowest BCUT2D eigenvalue weighted by Gasteiger charge is -2.10. The number of amidine groups is 1. The molecule has 0 unspecified atom stereocenters. The topological polar surface area (TPSA) is 28.5 Å². The van der Waals surface area contributed by atoms with Gasteiger partial charge in [0.15, 0.2) is 4.47 Å². The number of thiazole rings is 1. The molecule has 0 aromatic carbocycles. The highest BCUT2D eigenvalue weighted by Crippen LogP contribution is 2.20. The Morgan fingerprint density at radius 1 is 1.67 bits per heavy atom. The molecule has 0 spiro atoms. The molecule has 0 atom stereocenters. The number of rotatable bonds is 1. The van der Waals surface area contributed by atoms with Crippen molar-refractivity contribution in [3.05, 3.63) is 15.5 Å². The molecule has 0 aliphatic carbocycles. The maximum Gasteiger partial charge on any atom is 0.184 e. The van der Waals surface area contributed by atoms with Crippen molar-refractivity contribution in [1.29, 1.82) is 0 Å². The van der Waals surface area contributed by atoms with Gasteiger partial charge in [0.25, 0.3) is 0 Å². The third-order valence-electron chi connectivity index (χ3n) is 1.76. The Labute approximate surface area is 79.7 Å². The summed E-state index contributed by atoms with van der Waals surface area (Å²) in [7, 11) is 2.03. The molecule has 64 valence electrons. The first-order valence-electron chi connectivity index (χ1n) is 3.64. The third-order valence-corrected chi connectivity index (χ3v) is 2.87. The van der Waals surface area contributed by atoms with Gasteiger partial charge in [0.1, 0.15) is 5.84 Å². The van der Waals surface area contributed by atoms with Gasteiger partial charge < -0.3 is 4.90 Å². The van der Waals surface area contributed by atoms with Crippen molar-refractivity contribution in [3.8, 4) is 0 Å². The van der Waals surface area contributed by atoms with Crippen molar-refractivity contribution in [2.45, 2.75) is 0 Å². The fourth-order valence-corrected chi connectivity index (χ4v) is 2.16. The van der Waals surface area contributed by atoms with Crippen LogP contribution in [-0.4, -0.2) is 35.9 Å². The van der Waals surface area contributed by atoms with E-state index in [2.05, 4.69) is 14.9 Å². The Bertz CT molecular complexity index is 320. The van der Waals surface area contributed by atoms with E-state index in [1.54, 1.807) is 6.20 Å². The van der Waals surface area contributed by atoms with Crippen LogP contribution in [0.3, 0.4) is 0 Å². The largest absolute Gasteiger partial charge is 0.357 e. The summed E-state index contributed by atoms with van der Waals surface area (Å²) in [4.78, 5) is 11.5. The Balaban J connectivity index is 2.30. The molecule has 1 aliphatic rings. The maximum atomic E-state index is 5.72. The van der Waals surface area contributed by atoms with Gasteiger partial charge in [-0.2, -0.15) is 0 Å². The molecule has 0 bridgehead atoms. The standard InChI is InChI=1S/C7H8ClN3S/c1-11-3-2-9-6(11)5-4-10-7(8)12-5/h4H,2-3H2,1H3. The summed E-state index contributed by atoms with van der Waals surface area (Å²) >= 11 is 7.19. The first-order chi connectivity index (χ1) is 5.77. The Kier molecular flexibility index (Phi) is 2.02. The quantitative estimate of drug-likeness (QED) is 0.689. The van der Waals surface area contributed by atoms with Gasteiger partial charge in [-0.1, -0.05) is 22.9 Å². The van der Waals surface area contributed by atoms with Crippen LogP contribution in [0.15, 0.2) is 11.2 Å². The maximum absolute atomic E-state index is 5.72. The van der Waals surface area contributed by atoms with Crippen molar-refractivity contribution in [1.82, 2.24) is 9.88 Å². The molecule has 0 saturated heterocycles. The molecule has 0 radical (unpaired) electrons. The van der Waals surface area contributed by atoms with E-state index in [1.807, 2.05) is 7.05 Å². The molecule has 3 nitrogen and oxygen atoms in total. The van der Waals surface area contributed by atoms with Crippen LogP contribution in [-0.2, 0) is 0 Å². The summed E-state index contributed by atoms with van der Waals surface area (Å²) in [6.45, 7) is 1.87. The molecular formula is C7H8ClN3S. The second-order valence-corrected chi connectivity index (χ2v) is 4.22. The van der Waals surface area contributed by atoms with Gasteiger partial charge in [-0.05, 0) is 0 Å². The second kappa shape index (κ2) is 3.03. The van der Waals surface area contributed by atoms with Crippen LogP contribution in [0, 0.1) is 0 Å². The Morgan fingerprint density at radius 2 is 2.50 bits per heavy atom. The van der Waals surface area contributed by atoms with Crippen LogP contribution in [0.5, 0.6) is 0 Å². The smallest absolute Gasteiger partial charge is 0.184 e. The second-order valence-electron chi connectivity index (χ2n) is 2.60. The molecular weight excluding hydrogens is 194 g/mol. The minimum absolute atomic E-state index is 0.577. The molecule has 12 heavy (non-hydrogen) atoms. The first kappa shape index (κ1) is 8.01. The number of hydrogen-bond acceptors (Lipinski definition) is 4. The van der Waals surface area contributed by atoms with Crippen LogP contribution in [0.4, 0.5) is 0 Å². The molecule has 2 heterocycles. The van der Waals surface area contributed by atoms with E-state index in [9.17, 15) is 0 Å². The van der Waals surface area contributed by atoms with E-state index in [-0.39, 0.29) is 0 Å². The number of aromatic nitrogens is 1. The van der Waals surface area contributed by atoms with Crippen molar-refractivity contribution < 1.29 is 0 Å². The third kappa shape index (κ3) is 1.32. The van der Waals surface area contributed by atoms with Crippen LogP contribution in [0.1, 0.15) is 4.88 Å². The molecule has 1 aromatic rings. The van der Waals surface area contributed by atoms with Gasteiger partial charge in [0.2, 0.25) is 0 Å². The number of aliphatic imine (C=N–C) groups is 1. The minimum Gasteiger partial charge on any atom is -0.357 e. The van der Waals surface area contributed by atoms with Gasteiger partial charge in [-0.15, -0.1) is 0 Å². The zero-order valence-electron chi connectivity index (χ0n) is 6.62. The fraction of sp³-hybridized carbons (Fsp3) is 0.429. The zero-order chi connectivity index (χ0) is 8.55. The molecule has 2 rings (SSSR count). The van der Waals surface area contributed by atoms with E-state index in [1.165, 1.54) is 11.3 Å². The van der Waals surface area contributed by atoms with E-state index >= 15 is 0 Å². The summed E-state index contributed by atoms with van der Waals surface area (Å²) in [5, 5.41) is 0. The zero-order valence-corrected chi connectivity index (χ0v) is 8.19. The lowest BCUT2D eigenvalue weighted by molar-refractivity contribution is 0.557. The average Bonchev–Trinajstić information content (AvgIpc) is 2.58. The Morgan fingerprint density at radius 3 is 3.00 bits per heavy atom. The van der Waals surface area contributed by atoms with E-state index in [4.69, 9.17) is 11.6 Å². The molecule has 0 saturated carbocycles. The first-order valence-corrected chi connectivity index (χ1v) is 4.84. The summed E-state index contributed by atoms with van der Waals surface area (Å²) in [6.07, 6.45) is 1.77. The predicted octanol–water partition coefficient (Wildman–Crippen LogP) is 1.49. The number of halogens is 1. The minimum atomic E-state index is 0.577. The van der Waals surface area contributed by atoms with Crippen molar-refractivity contribution in [3.63, 3.8) is 0 Å². The van der Waals surface area contributed by atoms with Crippen LogP contribution in [0.2, 0.25) is 4.47 Å². The van der Waals surface area contributed by atoms with Gasteiger partial charge in [0.05, 0.1) is 17.6 Å². The van der Waals surface area contributed by atoms with E-state index < -0.39 is 0 Å². The highest BCUT2D eigenvalue weighted by atomic mass is 35.5. The van der Waals surface area contributed by atoms with Gasteiger partial charge in [-0.3, -0.25) is 4.99 Å². The molecule has 0 N–H and O–H groups in total. The Hall–Kier alpha value is -0.610. The SMILES string of the molecule is CN1CCN=C1c1cnc(Cl)s1. The van der Waals surface area contributed by atoms with Crippen LogP contribution < -0.4 is 0 Å². The average molecular weight is 202 g/mol. The monoisotopic (exact) mass is 201 g/mol. The number of likely N-dealkylation sites (N-methyl/N-ethyl adjacent to an activating group) is 1. The van der Waals surface area contributed by atoms with E-state index in [0.717, 1.165) is 23.8 Å². The lowest BCUT2D eigenvalue weighted by atomic mass is 10.5. The summed E-state index contributed by atoms with van der Waals surface area (Å²) in [5.41, 5.74) is 0. The number of nitrogens with zero attached hydrogens (tertiary/aromatic N) is 3. The predicted molar refractivity (Wildman–Crippen MR) is 51.2 cm³/mol. The van der Waals surface area contributed by atoms with E-state index in [0.29, 0.717) is 4.47 Å². The fourth-order valence-electron chi connectivity index (χ4n) is 1.15. The van der Waals surface area contributed by atoms with Gasteiger partial charge >= 0.3 is 0 Å². The normalized spacial score (nSPS) is 16.8. The van der Waals surface area contributed by atoms with Gasteiger partial charge in [-0.25, -0.2) is 4.98 Å². The molecule has 0 fully saturated rings. The highest BCUT2D eigenvalue weighted by molar-refractivity contribution is 7.17. The number of hydrogen-bond donors (Lipinski definition) is 0. The van der Waals surface area contributed by atoms with Crippen LogP contribution in [0.25, 0.3) is 0 Å². The van der Waals surface area contributed by atoms with Crippen LogP contribution >= 0.6 is 22.9 Å². The molecule has 0 amide bonds. The van der Waals surface area contributed by atoms with Crippen molar-refractivity contribution in [2.24, 2.45) is 4.99 Å². The molecule has 1 aliphatic heterocycles. The highest BCUT2D eigenvalue weighted by Gasteiger charge is 2.16. The summed E-state index contributed by atoms with van der Waals surface area (Å²) < 4.78 is 0.577. The summed E-state index contributed by atoms with van der Waals surface area (Å²) in [5.74, 6) is 1.01. The lowest BCUT2D eigenvalue weighted by Crippen LogP contribution is -2.22. The van der Waals surface area contributed by atoms with Crippen molar-refractivity contribution >= 4 is 28.8 Å². The summed E-state index contributed by atoms with van der Waals surface area (Å²) in [6, 6.07) is 0. The molecule has 1 aromatic heterocycles. The van der Waals surface area contributed by atoms with Gasteiger partial charge in [0, 0.05) is 13.6 Å².